The number of hydrogen-bond acceptors (Lipinski definition) is 6. The highest BCUT2D eigenvalue weighted by Crippen LogP contribution is 2.18. The molecular weight excluding hydrogens is 396 g/mol. The molecule has 0 aliphatic heterocycles. The van der Waals surface area contributed by atoms with E-state index in [4.69, 9.17) is 16.3 Å². The minimum absolute atomic E-state index is 0.0645. The Bertz CT molecular complexity index is 1250. The summed E-state index contributed by atoms with van der Waals surface area (Å²) in [6.07, 6.45) is 1.30. The van der Waals surface area contributed by atoms with Crippen molar-refractivity contribution in [1.82, 2.24) is 24.5 Å². The van der Waals surface area contributed by atoms with Crippen LogP contribution in [0.2, 0.25) is 5.02 Å². The van der Waals surface area contributed by atoms with Crippen LogP contribution in [0.5, 0.6) is 5.75 Å². The van der Waals surface area contributed by atoms with Crippen LogP contribution in [0.4, 0.5) is 5.69 Å². The van der Waals surface area contributed by atoms with Gasteiger partial charge in [0.05, 0.1) is 12.8 Å². The number of aromatic nitrogens is 5. The SMILES string of the molecule is COc1cccc(-n2nnc3c(=O)n(CC(=O)Nc4ccc(Cl)cc4)cnc32)c1. The minimum Gasteiger partial charge on any atom is -0.497 e. The lowest BCUT2D eigenvalue weighted by Gasteiger charge is -2.07. The molecular formula is C19H15ClN6O3. The monoisotopic (exact) mass is 410 g/mol. The summed E-state index contributed by atoms with van der Waals surface area (Å²) >= 11 is 5.83. The fourth-order valence-corrected chi connectivity index (χ4v) is 2.89. The zero-order valence-electron chi connectivity index (χ0n) is 15.2. The number of hydrogen-bond donors (Lipinski definition) is 1. The summed E-state index contributed by atoms with van der Waals surface area (Å²) in [7, 11) is 1.56. The molecule has 0 aliphatic carbocycles. The number of halogens is 1. The Labute approximate surface area is 169 Å². The lowest BCUT2D eigenvalue weighted by molar-refractivity contribution is -0.116. The van der Waals surface area contributed by atoms with Crippen molar-refractivity contribution in [3.63, 3.8) is 0 Å². The number of nitrogens with zero attached hydrogens (tertiary/aromatic N) is 5. The number of amides is 1. The highest BCUT2D eigenvalue weighted by atomic mass is 35.5. The van der Waals surface area contributed by atoms with E-state index in [1.807, 2.05) is 0 Å². The first-order valence-electron chi connectivity index (χ1n) is 8.56. The molecule has 0 fully saturated rings. The summed E-state index contributed by atoms with van der Waals surface area (Å²) in [4.78, 5) is 29.2. The smallest absolute Gasteiger partial charge is 0.284 e. The number of carbonyl (C=O) groups excluding carboxylic acids is 1. The number of ether oxygens (including phenoxy) is 1. The highest BCUT2D eigenvalue weighted by Gasteiger charge is 2.15. The maximum Gasteiger partial charge on any atom is 0.284 e. The van der Waals surface area contributed by atoms with Crippen molar-refractivity contribution in [2.24, 2.45) is 0 Å². The van der Waals surface area contributed by atoms with E-state index < -0.39 is 5.56 Å². The first-order chi connectivity index (χ1) is 14.0. The number of fused-ring (bicyclic) bond motifs is 1. The van der Waals surface area contributed by atoms with E-state index >= 15 is 0 Å². The molecule has 0 radical (unpaired) electrons. The van der Waals surface area contributed by atoms with E-state index in [0.29, 0.717) is 22.1 Å². The molecule has 29 heavy (non-hydrogen) atoms. The third kappa shape index (κ3) is 3.81. The fourth-order valence-electron chi connectivity index (χ4n) is 2.76. The standard InChI is InChI=1S/C19H15ClN6O3/c1-29-15-4-2-3-14(9-15)26-18-17(23-24-26)19(28)25(11-21-18)10-16(27)22-13-7-5-12(20)6-8-13/h2-9,11H,10H2,1H3,(H,22,27). The molecule has 0 spiro atoms. The number of anilines is 1. The van der Waals surface area contributed by atoms with Gasteiger partial charge in [-0.3, -0.25) is 14.2 Å². The summed E-state index contributed by atoms with van der Waals surface area (Å²) in [5.41, 5.74) is 1.12. The summed E-state index contributed by atoms with van der Waals surface area (Å²) in [6, 6.07) is 13.8. The van der Waals surface area contributed by atoms with Gasteiger partial charge in [0, 0.05) is 16.8 Å². The van der Waals surface area contributed by atoms with Crippen LogP contribution in [-0.4, -0.2) is 37.6 Å². The van der Waals surface area contributed by atoms with Crippen LogP contribution in [0.15, 0.2) is 59.7 Å². The summed E-state index contributed by atoms with van der Waals surface area (Å²) < 4.78 is 7.83. The number of carbonyl (C=O) groups is 1. The van der Waals surface area contributed by atoms with Gasteiger partial charge in [-0.2, -0.15) is 4.68 Å². The minimum atomic E-state index is -0.463. The molecule has 2 aromatic heterocycles. The van der Waals surface area contributed by atoms with Crippen molar-refractivity contribution < 1.29 is 9.53 Å². The molecule has 1 amide bonds. The third-order valence-corrected chi connectivity index (χ3v) is 4.42. The van der Waals surface area contributed by atoms with Gasteiger partial charge in [0.1, 0.15) is 18.6 Å². The van der Waals surface area contributed by atoms with Crippen LogP contribution in [0.1, 0.15) is 0 Å². The van der Waals surface area contributed by atoms with Gasteiger partial charge in [-0.05, 0) is 36.4 Å². The molecule has 146 valence electrons. The largest absolute Gasteiger partial charge is 0.497 e. The van der Waals surface area contributed by atoms with E-state index in [-0.39, 0.29) is 23.6 Å². The number of benzene rings is 2. The van der Waals surface area contributed by atoms with Crippen LogP contribution in [0, 0.1) is 0 Å². The van der Waals surface area contributed by atoms with E-state index in [9.17, 15) is 9.59 Å². The van der Waals surface area contributed by atoms with Gasteiger partial charge < -0.3 is 10.1 Å². The number of nitrogens with one attached hydrogen (secondary N) is 1. The van der Waals surface area contributed by atoms with Crippen molar-refractivity contribution in [1.29, 1.82) is 0 Å². The molecule has 2 aromatic carbocycles. The lowest BCUT2D eigenvalue weighted by Crippen LogP contribution is -2.28. The highest BCUT2D eigenvalue weighted by molar-refractivity contribution is 6.30. The zero-order valence-corrected chi connectivity index (χ0v) is 16.0. The van der Waals surface area contributed by atoms with Crippen molar-refractivity contribution in [3.8, 4) is 11.4 Å². The van der Waals surface area contributed by atoms with Gasteiger partial charge in [-0.15, -0.1) is 5.10 Å². The Balaban J connectivity index is 1.60. The third-order valence-electron chi connectivity index (χ3n) is 4.17. The maximum absolute atomic E-state index is 12.7. The Morgan fingerprint density at radius 2 is 2.00 bits per heavy atom. The first-order valence-corrected chi connectivity index (χ1v) is 8.93. The second-order valence-electron chi connectivity index (χ2n) is 6.11. The van der Waals surface area contributed by atoms with Gasteiger partial charge in [-0.25, -0.2) is 4.98 Å². The Kier molecular flexibility index (Phi) is 4.96. The molecule has 0 saturated heterocycles. The van der Waals surface area contributed by atoms with Gasteiger partial charge in [0.2, 0.25) is 5.91 Å². The Morgan fingerprint density at radius 1 is 1.21 bits per heavy atom. The molecule has 0 bridgehead atoms. The molecule has 10 heteroatoms. The normalized spacial score (nSPS) is 10.8. The quantitative estimate of drug-likeness (QED) is 0.541. The van der Waals surface area contributed by atoms with Crippen molar-refractivity contribution in [2.45, 2.75) is 6.54 Å². The van der Waals surface area contributed by atoms with E-state index in [1.165, 1.54) is 15.6 Å². The van der Waals surface area contributed by atoms with Crippen LogP contribution in [0.25, 0.3) is 16.9 Å². The second kappa shape index (κ2) is 7.72. The molecule has 4 aromatic rings. The Hall–Kier alpha value is -3.72. The van der Waals surface area contributed by atoms with Gasteiger partial charge >= 0.3 is 0 Å². The van der Waals surface area contributed by atoms with Crippen molar-refractivity contribution in [2.75, 3.05) is 12.4 Å². The fraction of sp³-hybridized carbons (Fsp3) is 0.105. The van der Waals surface area contributed by atoms with Crippen LogP contribution >= 0.6 is 11.6 Å². The average molecular weight is 411 g/mol. The van der Waals surface area contributed by atoms with Crippen LogP contribution in [-0.2, 0) is 11.3 Å². The maximum atomic E-state index is 12.7. The zero-order chi connectivity index (χ0) is 20.4. The Morgan fingerprint density at radius 3 is 2.76 bits per heavy atom. The van der Waals surface area contributed by atoms with E-state index in [0.717, 1.165) is 0 Å². The molecule has 0 unspecified atom stereocenters. The van der Waals surface area contributed by atoms with Gasteiger partial charge in [0.25, 0.3) is 5.56 Å². The number of rotatable bonds is 5. The lowest BCUT2D eigenvalue weighted by atomic mass is 10.3. The molecule has 2 heterocycles. The molecule has 9 nitrogen and oxygen atoms in total. The van der Waals surface area contributed by atoms with E-state index in [1.54, 1.807) is 55.6 Å². The number of methoxy groups -OCH3 is 1. The summed E-state index contributed by atoms with van der Waals surface area (Å²) in [5, 5.41) is 11.2. The summed E-state index contributed by atoms with van der Waals surface area (Å²) in [6.45, 7) is -0.212. The van der Waals surface area contributed by atoms with Gasteiger partial charge in [-0.1, -0.05) is 22.9 Å². The van der Waals surface area contributed by atoms with Crippen molar-refractivity contribution in [3.05, 3.63) is 70.2 Å². The second-order valence-corrected chi connectivity index (χ2v) is 6.54. The molecule has 0 saturated carbocycles. The van der Waals surface area contributed by atoms with Crippen molar-refractivity contribution >= 4 is 34.4 Å². The average Bonchev–Trinajstić information content (AvgIpc) is 3.17. The topological polar surface area (TPSA) is 104 Å². The predicted molar refractivity (Wildman–Crippen MR) is 108 cm³/mol. The molecule has 0 aliphatic rings. The molecule has 4 rings (SSSR count). The molecule has 0 atom stereocenters. The summed E-state index contributed by atoms with van der Waals surface area (Å²) in [5.74, 6) is 0.258. The van der Waals surface area contributed by atoms with E-state index in [2.05, 4.69) is 20.6 Å². The van der Waals surface area contributed by atoms with Gasteiger partial charge in [0.15, 0.2) is 11.2 Å². The predicted octanol–water partition coefficient (Wildman–Crippen LogP) is 2.28. The van der Waals surface area contributed by atoms with Crippen LogP contribution < -0.4 is 15.6 Å². The molecule has 1 N–H and O–H groups in total. The first kappa shape index (κ1) is 18.6. The van der Waals surface area contributed by atoms with Crippen LogP contribution in [0.3, 0.4) is 0 Å².